The number of benzene rings is 1. The van der Waals surface area contributed by atoms with E-state index in [2.05, 4.69) is 46.8 Å². The van der Waals surface area contributed by atoms with E-state index in [1.54, 1.807) is 0 Å². The summed E-state index contributed by atoms with van der Waals surface area (Å²) in [5.41, 5.74) is 2.19. The van der Waals surface area contributed by atoms with E-state index in [0.717, 1.165) is 49.2 Å². The van der Waals surface area contributed by atoms with Crippen molar-refractivity contribution in [2.45, 2.75) is 33.9 Å². The van der Waals surface area contributed by atoms with Crippen LogP contribution in [0.5, 0.6) is 0 Å². The number of aryl methyl sites for hydroxylation is 1. The molecule has 0 aliphatic carbocycles. The first kappa shape index (κ1) is 19.3. The van der Waals surface area contributed by atoms with Crippen LogP contribution in [0, 0.1) is 6.92 Å². The van der Waals surface area contributed by atoms with Crippen LogP contribution in [0.1, 0.15) is 25.4 Å². The van der Waals surface area contributed by atoms with Crippen molar-refractivity contribution >= 4 is 17.0 Å². The van der Waals surface area contributed by atoms with Crippen molar-refractivity contribution in [3.8, 4) is 0 Å². The van der Waals surface area contributed by atoms with E-state index < -0.39 is 0 Å². The van der Waals surface area contributed by atoms with Crippen LogP contribution >= 0.6 is 0 Å². The molecule has 25 heavy (non-hydrogen) atoms. The molecule has 2 aromatic heterocycles. The first-order valence-electron chi connectivity index (χ1n) is 8.68. The van der Waals surface area contributed by atoms with Crippen LogP contribution in [0.15, 0.2) is 40.8 Å². The number of nitrogens with zero attached hydrogens (tertiary/aromatic N) is 3. The topological polar surface area (TPSA) is 46.2 Å². The number of para-hydroxylation sites is 2. The lowest BCUT2D eigenvalue weighted by Crippen LogP contribution is -3.00. The number of fused-ring (bicyclic) bond motifs is 1. The van der Waals surface area contributed by atoms with Gasteiger partial charge in [-0.15, -0.1) is 0 Å². The van der Waals surface area contributed by atoms with Crippen LogP contribution in [0.25, 0.3) is 11.0 Å². The monoisotopic (exact) mass is 361 g/mol. The molecule has 2 heterocycles. The maximum absolute atomic E-state index is 5.64. The molecule has 1 N–H and O–H groups in total. The van der Waals surface area contributed by atoms with Crippen molar-refractivity contribution in [1.82, 2.24) is 14.5 Å². The Morgan fingerprint density at radius 3 is 2.56 bits per heavy atom. The maximum atomic E-state index is 5.64. The molecule has 136 valence electrons. The number of aromatic nitrogens is 2. The van der Waals surface area contributed by atoms with E-state index in [1.807, 2.05) is 25.1 Å². The van der Waals surface area contributed by atoms with Gasteiger partial charge in [-0.2, -0.15) is 0 Å². The summed E-state index contributed by atoms with van der Waals surface area (Å²) in [6, 6.07) is 12.3. The highest BCUT2D eigenvalue weighted by molar-refractivity contribution is 5.78. The lowest BCUT2D eigenvalue weighted by atomic mass is 10.3. The van der Waals surface area contributed by atoms with Gasteiger partial charge < -0.3 is 31.6 Å². The van der Waals surface area contributed by atoms with Crippen LogP contribution in [0.3, 0.4) is 0 Å². The van der Waals surface area contributed by atoms with Gasteiger partial charge in [0, 0.05) is 13.1 Å². The standard InChI is InChI=1S/C19H26N4O.ClH/c1-4-22(5-2)12-13-23-18-9-7-6-8-17(18)21-19(23)20-14-16-11-10-15(3)24-16;/h6-11H,4-5,12-14H2,1-3H3,(H,20,21);1H/p-1. The number of rotatable bonds is 8. The fourth-order valence-electron chi connectivity index (χ4n) is 2.96. The summed E-state index contributed by atoms with van der Waals surface area (Å²) in [7, 11) is 0. The third-order valence-electron chi connectivity index (χ3n) is 4.41. The minimum Gasteiger partial charge on any atom is -1.00 e. The van der Waals surface area contributed by atoms with E-state index in [9.17, 15) is 0 Å². The molecule has 3 rings (SSSR count). The lowest BCUT2D eigenvalue weighted by Gasteiger charge is -2.19. The largest absolute Gasteiger partial charge is 1.00 e. The van der Waals surface area contributed by atoms with Gasteiger partial charge in [-0.1, -0.05) is 26.0 Å². The normalized spacial score (nSPS) is 11.0. The van der Waals surface area contributed by atoms with Gasteiger partial charge in [0.1, 0.15) is 11.5 Å². The fourth-order valence-corrected chi connectivity index (χ4v) is 2.96. The first-order valence-corrected chi connectivity index (χ1v) is 8.68. The van der Waals surface area contributed by atoms with Crippen LogP contribution in [-0.4, -0.2) is 34.1 Å². The molecule has 0 spiro atoms. The van der Waals surface area contributed by atoms with E-state index in [-0.39, 0.29) is 12.4 Å². The number of imidazole rings is 1. The molecule has 0 bridgehead atoms. The number of likely N-dealkylation sites (N-methyl/N-ethyl adjacent to an activating group) is 1. The zero-order valence-electron chi connectivity index (χ0n) is 15.1. The summed E-state index contributed by atoms with van der Waals surface area (Å²) in [5, 5.41) is 3.43. The van der Waals surface area contributed by atoms with Gasteiger partial charge in [-0.25, -0.2) is 4.98 Å². The highest BCUT2D eigenvalue weighted by Crippen LogP contribution is 2.20. The molecule has 0 saturated heterocycles. The van der Waals surface area contributed by atoms with Crippen molar-refractivity contribution in [2.75, 3.05) is 25.0 Å². The van der Waals surface area contributed by atoms with E-state index in [4.69, 9.17) is 9.40 Å². The van der Waals surface area contributed by atoms with Crippen LogP contribution < -0.4 is 17.7 Å². The molecule has 0 aliphatic heterocycles. The molecule has 0 unspecified atom stereocenters. The Bertz CT molecular complexity index is 792. The van der Waals surface area contributed by atoms with Crippen molar-refractivity contribution in [2.24, 2.45) is 0 Å². The summed E-state index contributed by atoms with van der Waals surface area (Å²) >= 11 is 0. The second kappa shape index (κ2) is 8.92. The van der Waals surface area contributed by atoms with Gasteiger partial charge in [0.25, 0.3) is 0 Å². The Balaban J connectivity index is 0.00000225. The van der Waals surface area contributed by atoms with E-state index in [1.165, 1.54) is 5.52 Å². The number of anilines is 1. The Labute approximate surface area is 155 Å². The number of hydrogen-bond acceptors (Lipinski definition) is 4. The van der Waals surface area contributed by atoms with Crippen molar-refractivity contribution in [1.29, 1.82) is 0 Å². The summed E-state index contributed by atoms with van der Waals surface area (Å²) < 4.78 is 7.91. The fraction of sp³-hybridized carbons (Fsp3) is 0.421. The Hall–Kier alpha value is -1.98. The summed E-state index contributed by atoms with van der Waals surface area (Å²) in [6.07, 6.45) is 0. The Kier molecular flexibility index (Phi) is 6.91. The molecule has 0 fully saturated rings. The second-order valence-electron chi connectivity index (χ2n) is 5.97. The molecule has 0 atom stereocenters. The molecule has 3 aromatic rings. The number of nitrogens with one attached hydrogen (secondary N) is 1. The predicted molar refractivity (Wildman–Crippen MR) is 98.3 cm³/mol. The Morgan fingerprint density at radius 1 is 1.12 bits per heavy atom. The molecule has 0 radical (unpaired) electrons. The SMILES string of the molecule is CCN(CC)CCn1c(NCc2ccc(C)o2)nc2ccccc21.[Cl-]. The Morgan fingerprint density at radius 2 is 1.88 bits per heavy atom. The van der Waals surface area contributed by atoms with Gasteiger partial charge in [-0.3, -0.25) is 0 Å². The molecule has 0 saturated carbocycles. The number of hydrogen-bond donors (Lipinski definition) is 1. The zero-order valence-corrected chi connectivity index (χ0v) is 15.9. The van der Waals surface area contributed by atoms with Crippen molar-refractivity contribution in [3.05, 3.63) is 47.9 Å². The van der Waals surface area contributed by atoms with Gasteiger partial charge in [0.2, 0.25) is 5.95 Å². The summed E-state index contributed by atoms with van der Waals surface area (Å²) in [5.74, 6) is 2.76. The van der Waals surface area contributed by atoms with E-state index in [0.29, 0.717) is 6.54 Å². The third-order valence-corrected chi connectivity index (χ3v) is 4.41. The summed E-state index contributed by atoms with van der Waals surface area (Å²) in [6.45, 7) is 11.1. The van der Waals surface area contributed by atoms with Gasteiger partial charge in [-0.05, 0) is 44.3 Å². The average Bonchev–Trinajstić information content (AvgIpc) is 3.17. The van der Waals surface area contributed by atoms with Gasteiger partial charge >= 0.3 is 0 Å². The predicted octanol–water partition coefficient (Wildman–Crippen LogP) is 0.896. The molecule has 6 heteroatoms. The molecule has 1 aromatic carbocycles. The molecule has 5 nitrogen and oxygen atoms in total. The van der Waals surface area contributed by atoms with Crippen molar-refractivity contribution in [3.63, 3.8) is 0 Å². The minimum atomic E-state index is 0. The van der Waals surface area contributed by atoms with Crippen LogP contribution in [0.2, 0.25) is 0 Å². The maximum Gasteiger partial charge on any atom is 0.204 e. The highest BCUT2D eigenvalue weighted by Gasteiger charge is 2.11. The number of furan rings is 1. The second-order valence-corrected chi connectivity index (χ2v) is 5.97. The smallest absolute Gasteiger partial charge is 0.204 e. The molecule has 0 aliphatic rings. The van der Waals surface area contributed by atoms with Crippen LogP contribution in [0.4, 0.5) is 5.95 Å². The third kappa shape index (κ3) is 4.55. The molecular formula is C19H26ClN4O-. The highest BCUT2D eigenvalue weighted by atomic mass is 35.5. The quantitative estimate of drug-likeness (QED) is 0.647. The average molecular weight is 362 g/mol. The molecular weight excluding hydrogens is 336 g/mol. The van der Waals surface area contributed by atoms with E-state index >= 15 is 0 Å². The van der Waals surface area contributed by atoms with Gasteiger partial charge in [0.05, 0.1) is 17.6 Å². The lowest BCUT2D eigenvalue weighted by molar-refractivity contribution is -0.00000587. The number of halogens is 1. The zero-order chi connectivity index (χ0) is 16.9. The van der Waals surface area contributed by atoms with Crippen LogP contribution in [-0.2, 0) is 13.1 Å². The first-order chi connectivity index (χ1) is 11.7. The minimum absolute atomic E-state index is 0. The van der Waals surface area contributed by atoms with Gasteiger partial charge in [0.15, 0.2) is 0 Å². The molecule has 0 amide bonds. The summed E-state index contributed by atoms with van der Waals surface area (Å²) in [4.78, 5) is 7.18. The van der Waals surface area contributed by atoms with Crippen molar-refractivity contribution < 1.29 is 16.8 Å².